The monoisotopic (exact) mass is 480 g/mol. The second kappa shape index (κ2) is 10.9. The van der Waals surface area contributed by atoms with Gasteiger partial charge in [0.15, 0.2) is 5.69 Å². The van der Waals surface area contributed by atoms with Gasteiger partial charge in [0.25, 0.3) is 5.91 Å². The van der Waals surface area contributed by atoms with Gasteiger partial charge >= 0.3 is 0 Å². The van der Waals surface area contributed by atoms with E-state index in [1.165, 1.54) is 29.7 Å². The molecule has 1 fully saturated rings. The van der Waals surface area contributed by atoms with Crippen LogP contribution in [0.25, 0.3) is 0 Å². The van der Waals surface area contributed by atoms with Gasteiger partial charge in [0.1, 0.15) is 11.9 Å². The highest BCUT2D eigenvalue weighted by Gasteiger charge is 2.34. The number of halogens is 1. The predicted molar refractivity (Wildman–Crippen MR) is 130 cm³/mol. The summed E-state index contributed by atoms with van der Waals surface area (Å²) in [6, 6.07) is 10.9. The van der Waals surface area contributed by atoms with Crippen molar-refractivity contribution in [2.45, 2.75) is 64.6 Å². The number of benzene rings is 2. The zero-order chi connectivity index (χ0) is 24.1. The smallest absolute Gasteiger partial charge is 0.276 e. The van der Waals surface area contributed by atoms with Crippen molar-refractivity contribution in [2.24, 2.45) is 0 Å². The highest BCUT2D eigenvalue weighted by Crippen LogP contribution is 2.28. The first-order chi connectivity index (χ1) is 16.4. The lowest BCUT2D eigenvalue weighted by Crippen LogP contribution is -2.47. The Labute approximate surface area is 203 Å². The molecule has 2 amide bonds. The quantitative estimate of drug-likeness (QED) is 0.509. The van der Waals surface area contributed by atoms with Crippen molar-refractivity contribution in [3.63, 3.8) is 0 Å². The first kappa shape index (κ1) is 24.0. The van der Waals surface area contributed by atoms with E-state index in [0.717, 1.165) is 54.1 Å². The fourth-order valence-electron chi connectivity index (χ4n) is 4.54. The summed E-state index contributed by atoms with van der Waals surface area (Å²) >= 11 is 0.945. The van der Waals surface area contributed by atoms with E-state index in [1.807, 2.05) is 26.0 Å². The molecule has 1 aliphatic carbocycles. The van der Waals surface area contributed by atoms with Crippen LogP contribution in [0.5, 0.6) is 0 Å². The van der Waals surface area contributed by atoms with Crippen molar-refractivity contribution in [1.82, 2.24) is 19.0 Å². The minimum absolute atomic E-state index is 0.0724. The Balaban J connectivity index is 1.74. The van der Waals surface area contributed by atoms with Crippen molar-refractivity contribution in [2.75, 3.05) is 0 Å². The van der Waals surface area contributed by atoms with Crippen LogP contribution in [0.3, 0.4) is 0 Å². The largest absolute Gasteiger partial charge is 0.351 e. The predicted octanol–water partition coefficient (Wildman–Crippen LogP) is 5.13. The Bertz CT molecular complexity index is 1130. The second-order valence-corrected chi connectivity index (χ2v) is 9.51. The molecule has 0 bridgehead atoms. The van der Waals surface area contributed by atoms with Crippen LogP contribution in [0.4, 0.5) is 4.39 Å². The molecule has 178 valence electrons. The van der Waals surface area contributed by atoms with E-state index < -0.39 is 11.9 Å². The Morgan fingerprint density at radius 1 is 1.12 bits per heavy atom. The molecule has 0 radical (unpaired) electrons. The van der Waals surface area contributed by atoms with Gasteiger partial charge in [-0.3, -0.25) is 9.59 Å². The number of nitrogens with one attached hydrogen (secondary N) is 1. The van der Waals surface area contributed by atoms with E-state index in [0.29, 0.717) is 5.56 Å². The van der Waals surface area contributed by atoms with Crippen molar-refractivity contribution in [3.05, 3.63) is 82.4 Å². The van der Waals surface area contributed by atoms with E-state index in [-0.39, 0.29) is 30.1 Å². The number of rotatable bonds is 7. The van der Waals surface area contributed by atoms with Gasteiger partial charge in [-0.2, -0.15) is 8.75 Å². The van der Waals surface area contributed by atoms with Crippen LogP contribution in [0.15, 0.2) is 48.7 Å². The van der Waals surface area contributed by atoms with Crippen LogP contribution < -0.4 is 5.32 Å². The van der Waals surface area contributed by atoms with Gasteiger partial charge in [-0.1, -0.05) is 55.2 Å². The molecule has 34 heavy (non-hydrogen) atoms. The van der Waals surface area contributed by atoms with Crippen LogP contribution in [0.2, 0.25) is 0 Å². The molecule has 6 nitrogen and oxygen atoms in total. The molecule has 0 aliphatic heterocycles. The number of nitrogens with zero attached hydrogens (tertiary/aromatic N) is 3. The molecule has 4 rings (SSSR count). The average molecular weight is 481 g/mol. The Morgan fingerprint density at radius 2 is 1.85 bits per heavy atom. The number of hydrogen-bond acceptors (Lipinski definition) is 5. The topological polar surface area (TPSA) is 75.2 Å². The summed E-state index contributed by atoms with van der Waals surface area (Å²) in [5.41, 5.74) is 3.82. The molecule has 1 aromatic heterocycles. The van der Waals surface area contributed by atoms with Crippen LogP contribution >= 0.6 is 11.7 Å². The maximum absolute atomic E-state index is 13.7. The second-order valence-electron chi connectivity index (χ2n) is 8.95. The van der Waals surface area contributed by atoms with E-state index >= 15 is 0 Å². The molecule has 1 N–H and O–H groups in total. The normalized spacial score (nSPS) is 15.0. The molecular formula is C26H29FN4O2S. The molecule has 0 saturated heterocycles. The third kappa shape index (κ3) is 5.67. The zero-order valence-electron chi connectivity index (χ0n) is 19.5. The lowest BCUT2D eigenvalue weighted by atomic mass is 9.94. The molecule has 0 spiro atoms. The average Bonchev–Trinajstić information content (AvgIpc) is 3.36. The number of amides is 2. The number of aromatic nitrogens is 2. The van der Waals surface area contributed by atoms with Gasteiger partial charge in [0.05, 0.1) is 17.9 Å². The molecule has 1 aliphatic rings. The standard InChI is InChI=1S/C26H29FN4O2S/c1-17-8-9-20(18(2)14-17)16-31(26(33)23-15-28-34-30-23)24(19-10-12-21(27)13-11-19)25(32)29-22-6-4-3-5-7-22/h8-15,22,24H,3-7,16H2,1-2H3,(H,29,32)/t24-/m1/s1. The van der Waals surface area contributed by atoms with Crippen molar-refractivity contribution in [3.8, 4) is 0 Å². The number of hydrogen-bond donors (Lipinski definition) is 1. The summed E-state index contributed by atoms with van der Waals surface area (Å²) in [5, 5.41) is 3.16. The van der Waals surface area contributed by atoms with E-state index in [9.17, 15) is 14.0 Å². The molecule has 1 saturated carbocycles. The lowest BCUT2D eigenvalue weighted by molar-refractivity contribution is -0.127. The minimum atomic E-state index is -0.933. The van der Waals surface area contributed by atoms with Crippen LogP contribution in [0, 0.1) is 19.7 Å². The SMILES string of the molecule is Cc1ccc(CN(C(=O)c2cnsn2)[C@@H](C(=O)NC2CCCCC2)c2ccc(F)cc2)c(C)c1. The summed E-state index contributed by atoms with van der Waals surface area (Å²) in [7, 11) is 0. The summed E-state index contributed by atoms with van der Waals surface area (Å²) in [4.78, 5) is 28.9. The Kier molecular flexibility index (Phi) is 7.67. The van der Waals surface area contributed by atoms with Crippen molar-refractivity contribution < 1.29 is 14.0 Å². The highest BCUT2D eigenvalue weighted by atomic mass is 32.1. The lowest BCUT2D eigenvalue weighted by Gasteiger charge is -2.33. The fourth-order valence-corrected chi connectivity index (χ4v) is 4.95. The van der Waals surface area contributed by atoms with Crippen molar-refractivity contribution in [1.29, 1.82) is 0 Å². The molecule has 2 aromatic carbocycles. The van der Waals surface area contributed by atoms with Gasteiger partial charge in [-0.05, 0) is 55.5 Å². The highest BCUT2D eigenvalue weighted by molar-refractivity contribution is 6.99. The molecule has 3 aromatic rings. The maximum atomic E-state index is 13.7. The van der Waals surface area contributed by atoms with Gasteiger partial charge in [-0.15, -0.1) is 0 Å². The summed E-state index contributed by atoms with van der Waals surface area (Å²) in [6.07, 6.45) is 6.57. The van der Waals surface area contributed by atoms with E-state index in [4.69, 9.17) is 0 Å². The summed E-state index contributed by atoms with van der Waals surface area (Å²) < 4.78 is 21.9. The van der Waals surface area contributed by atoms with E-state index in [1.54, 1.807) is 12.1 Å². The number of aryl methyl sites for hydroxylation is 2. The van der Waals surface area contributed by atoms with Gasteiger partial charge in [0, 0.05) is 12.6 Å². The Morgan fingerprint density at radius 3 is 2.50 bits per heavy atom. The van der Waals surface area contributed by atoms with Gasteiger partial charge in [0.2, 0.25) is 5.91 Å². The van der Waals surface area contributed by atoms with Crippen molar-refractivity contribution >= 4 is 23.5 Å². The van der Waals surface area contributed by atoms with Crippen LogP contribution in [0.1, 0.15) is 70.9 Å². The number of carbonyl (C=O) groups is 2. The molecular weight excluding hydrogens is 451 g/mol. The maximum Gasteiger partial charge on any atom is 0.276 e. The van der Waals surface area contributed by atoms with Crippen LogP contribution in [-0.4, -0.2) is 31.5 Å². The summed E-state index contributed by atoms with van der Waals surface area (Å²) in [6.45, 7) is 4.21. The molecule has 8 heteroatoms. The van der Waals surface area contributed by atoms with Gasteiger partial charge in [-0.25, -0.2) is 4.39 Å². The third-order valence-electron chi connectivity index (χ3n) is 6.38. The molecule has 1 heterocycles. The van der Waals surface area contributed by atoms with Crippen LogP contribution in [-0.2, 0) is 11.3 Å². The Hall–Kier alpha value is -3.13. The summed E-state index contributed by atoms with van der Waals surface area (Å²) in [5.74, 6) is -1.05. The molecule has 0 unspecified atom stereocenters. The van der Waals surface area contributed by atoms with E-state index in [2.05, 4.69) is 20.1 Å². The minimum Gasteiger partial charge on any atom is -0.351 e. The number of carbonyl (C=O) groups excluding carboxylic acids is 2. The van der Waals surface area contributed by atoms with Gasteiger partial charge < -0.3 is 10.2 Å². The molecule has 1 atom stereocenters. The fraction of sp³-hybridized carbons (Fsp3) is 0.385. The first-order valence-electron chi connectivity index (χ1n) is 11.6. The zero-order valence-corrected chi connectivity index (χ0v) is 20.3. The first-order valence-corrected chi connectivity index (χ1v) is 12.4. The third-order valence-corrected chi connectivity index (χ3v) is 6.86.